The number of nitrogens with zero attached hydrogens (tertiary/aromatic N) is 3. The van der Waals surface area contributed by atoms with Gasteiger partial charge in [0.1, 0.15) is 11.6 Å². The number of pyridine rings is 1. The normalized spacial score (nSPS) is 9.88. The minimum Gasteiger partial charge on any atom is -0.480 e. The molecule has 5 nitrogen and oxygen atoms in total. The van der Waals surface area contributed by atoms with Crippen molar-refractivity contribution < 1.29 is 4.74 Å². The number of aromatic nitrogens is 1. The molecule has 0 spiro atoms. The van der Waals surface area contributed by atoms with E-state index in [0.717, 1.165) is 11.1 Å². The van der Waals surface area contributed by atoms with Gasteiger partial charge in [-0.25, -0.2) is 4.98 Å². The van der Waals surface area contributed by atoms with Crippen LogP contribution in [-0.2, 0) is 0 Å². The first-order valence-corrected chi connectivity index (χ1v) is 7.52. The maximum Gasteiger partial charge on any atom is 0.232 e. The van der Waals surface area contributed by atoms with E-state index in [-0.39, 0.29) is 5.88 Å². The maximum atomic E-state index is 9.55. The van der Waals surface area contributed by atoms with Crippen molar-refractivity contribution in [1.82, 2.24) is 4.98 Å². The van der Waals surface area contributed by atoms with Crippen molar-refractivity contribution in [2.45, 2.75) is 0 Å². The first-order chi connectivity index (χ1) is 12.2. The highest BCUT2D eigenvalue weighted by Gasteiger charge is 2.16. The summed E-state index contributed by atoms with van der Waals surface area (Å²) in [6.45, 7) is 0. The number of hydrogen-bond acceptors (Lipinski definition) is 5. The molecule has 0 unspecified atom stereocenters. The van der Waals surface area contributed by atoms with Gasteiger partial charge >= 0.3 is 0 Å². The van der Waals surface area contributed by atoms with Gasteiger partial charge in [-0.1, -0.05) is 24.3 Å². The summed E-state index contributed by atoms with van der Waals surface area (Å²) in [4.78, 5) is 4.44. The van der Waals surface area contributed by atoms with Gasteiger partial charge in [0.05, 0.1) is 24.4 Å². The molecule has 0 amide bonds. The molecule has 2 N–H and O–H groups in total. The smallest absolute Gasteiger partial charge is 0.232 e. The fourth-order valence-corrected chi connectivity index (χ4v) is 2.53. The Morgan fingerprint density at radius 1 is 0.920 bits per heavy atom. The molecule has 0 fully saturated rings. The van der Waals surface area contributed by atoms with Crippen LogP contribution >= 0.6 is 0 Å². The molecular weight excluding hydrogens is 312 g/mol. The quantitative estimate of drug-likeness (QED) is 0.739. The van der Waals surface area contributed by atoms with Gasteiger partial charge in [0.2, 0.25) is 5.88 Å². The molecule has 0 saturated heterocycles. The van der Waals surface area contributed by atoms with E-state index in [2.05, 4.69) is 17.1 Å². The summed E-state index contributed by atoms with van der Waals surface area (Å²) in [7, 11) is 1.48. The van der Waals surface area contributed by atoms with Gasteiger partial charge in [0.15, 0.2) is 0 Å². The van der Waals surface area contributed by atoms with E-state index in [4.69, 9.17) is 15.7 Å². The molecule has 0 atom stereocenters. The van der Waals surface area contributed by atoms with Gasteiger partial charge in [-0.15, -0.1) is 0 Å². The lowest BCUT2D eigenvalue weighted by Crippen LogP contribution is -1.98. The van der Waals surface area contributed by atoms with E-state index >= 15 is 0 Å². The molecule has 120 valence electrons. The lowest BCUT2D eigenvalue weighted by Gasteiger charge is -2.12. The van der Waals surface area contributed by atoms with Crippen LogP contribution in [0.25, 0.3) is 22.4 Å². The zero-order valence-electron chi connectivity index (χ0n) is 13.5. The monoisotopic (exact) mass is 326 g/mol. The molecule has 3 rings (SSSR count). The highest BCUT2D eigenvalue weighted by molar-refractivity contribution is 5.78. The number of nitriles is 2. The van der Waals surface area contributed by atoms with Crippen molar-refractivity contribution in [3.63, 3.8) is 0 Å². The average Bonchev–Trinajstić information content (AvgIpc) is 2.67. The summed E-state index contributed by atoms with van der Waals surface area (Å²) in [6.07, 6.45) is 0. The lowest BCUT2D eigenvalue weighted by molar-refractivity contribution is 0.397. The van der Waals surface area contributed by atoms with Crippen molar-refractivity contribution in [3.8, 4) is 40.4 Å². The first-order valence-electron chi connectivity index (χ1n) is 7.52. The van der Waals surface area contributed by atoms with Crippen molar-refractivity contribution in [2.24, 2.45) is 0 Å². The van der Waals surface area contributed by atoms with Crippen LogP contribution in [0.4, 0.5) is 5.69 Å². The maximum absolute atomic E-state index is 9.55. The highest BCUT2D eigenvalue weighted by atomic mass is 16.5. The van der Waals surface area contributed by atoms with Crippen molar-refractivity contribution in [1.29, 1.82) is 10.5 Å². The number of anilines is 1. The average molecular weight is 326 g/mol. The Kier molecular flexibility index (Phi) is 4.32. The van der Waals surface area contributed by atoms with Gasteiger partial charge in [-0.05, 0) is 35.9 Å². The van der Waals surface area contributed by atoms with E-state index in [0.29, 0.717) is 28.1 Å². The Balaban J connectivity index is 2.21. The van der Waals surface area contributed by atoms with Crippen LogP contribution in [0.5, 0.6) is 5.88 Å². The SMILES string of the molecule is COc1nc(-c2ccc(N)cc2)cc(-c2ccc(C#N)cc2)c1C#N. The number of methoxy groups -OCH3 is 1. The van der Waals surface area contributed by atoms with Crippen LogP contribution < -0.4 is 10.5 Å². The Labute approximate surface area is 145 Å². The third-order valence-electron chi connectivity index (χ3n) is 3.82. The molecule has 0 saturated carbocycles. The second-order valence-corrected chi connectivity index (χ2v) is 5.36. The molecule has 2 aromatic carbocycles. The predicted molar refractivity (Wildman–Crippen MR) is 95.5 cm³/mol. The van der Waals surface area contributed by atoms with Crippen LogP contribution in [0.3, 0.4) is 0 Å². The third-order valence-corrected chi connectivity index (χ3v) is 3.82. The fraction of sp³-hybridized carbons (Fsp3) is 0.0500. The van der Waals surface area contributed by atoms with E-state index < -0.39 is 0 Å². The second kappa shape index (κ2) is 6.74. The summed E-state index contributed by atoms with van der Waals surface area (Å²) in [6, 6.07) is 20.4. The lowest BCUT2D eigenvalue weighted by atomic mass is 9.98. The summed E-state index contributed by atoms with van der Waals surface area (Å²) in [5.74, 6) is 0.260. The summed E-state index contributed by atoms with van der Waals surface area (Å²) in [5, 5.41) is 18.5. The number of nitrogens with two attached hydrogens (primary N) is 1. The number of rotatable bonds is 3. The number of hydrogen-bond donors (Lipinski definition) is 1. The van der Waals surface area contributed by atoms with Crippen molar-refractivity contribution in [2.75, 3.05) is 12.8 Å². The molecule has 1 heterocycles. The largest absolute Gasteiger partial charge is 0.480 e. The van der Waals surface area contributed by atoms with Crippen LogP contribution in [0.1, 0.15) is 11.1 Å². The number of nitrogen functional groups attached to an aromatic ring is 1. The van der Waals surface area contributed by atoms with Crippen molar-refractivity contribution >= 4 is 5.69 Å². The summed E-state index contributed by atoms with van der Waals surface area (Å²) in [5.41, 5.74) is 10.4. The zero-order chi connectivity index (χ0) is 17.8. The molecule has 0 aliphatic heterocycles. The van der Waals surface area contributed by atoms with Crippen LogP contribution in [-0.4, -0.2) is 12.1 Å². The van der Waals surface area contributed by atoms with Crippen molar-refractivity contribution in [3.05, 3.63) is 65.7 Å². The fourth-order valence-electron chi connectivity index (χ4n) is 2.53. The molecule has 1 aromatic heterocycles. The van der Waals surface area contributed by atoms with Crippen LogP contribution in [0.2, 0.25) is 0 Å². The highest BCUT2D eigenvalue weighted by Crippen LogP contribution is 2.33. The topological polar surface area (TPSA) is 95.7 Å². The van der Waals surface area contributed by atoms with E-state index in [1.807, 2.05) is 18.2 Å². The zero-order valence-corrected chi connectivity index (χ0v) is 13.5. The van der Waals surface area contributed by atoms with Gasteiger partial charge in [-0.2, -0.15) is 10.5 Å². The summed E-state index contributed by atoms with van der Waals surface area (Å²) < 4.78 is 5.32. The Morgan fingerprint density at radius 2 is 1.56 bits per heavy atom. The molecule has 0 radical (unpaired) electrons. The van der Waals surface area contributed by atoms with Gasteiger partial charge in [-0.3, -0.25) is 0 Å². The third kappa shape index (κ3) is 3.12. The van der Waals surface area contributed by atoms with Gasteiger partial charge in [0.25, 0.3) is 0 Å². The Morgan fingerprint density at radius 3 is 2.12 bits per heavy atom. The number of benzene rings is 2. The Hall–Kier alpha value is -3.83. The Bertz CT molecular complexity index is 994. The molecule has 25 heavy (non-hydrogen) atoms. The van der Waals surface area contributed by atoms with Crippen LogP contribution in [0.15, 0.2) is 54.6 Å². The van der Waals surface area contributed by atoms with E-state index in [9.17, 15) is 5.26 Å². The molecule has 3 aromatic rings. The van der Waals surface area contributed by atoms with E-state index in [1.54, 1.807) is 36.4 Å². The minimum absolute atomic E-state index is 0.260. The molecular formula is C20H14N4O. The standard InChI is InChI=1S/C20H14N4O/c1-25-20-18(12-22)17(14-4-2-13(11-21)3-5-14)10-19(24-20)15-6-8-16(23)9-7-15/h2-10H,23H2,1H3. The van der Waals surface area contributed by atoms with Gasteiger partial charge in [0, 0.05) is 16.8 Å². The molecule has 0 bridgehead atoms. The first kappa shape index (κ1) is 16.0. The molecule has 0 aliphatic rings. The molecule has 0 aliphatic carbocycles. The van der Waals surface area contributed by atoms with Crippen LogP contribution in [0, 0.1) is 22.7 Å². The minimum atomic E-state index is 0.260. The predicted octanol–water partition coefficient (Wildman–Crippen LogP) is 3.75. The second-order valence-electron chi connectivity index (χ2n) is 5.36. The summed E-state index contributed by atoms with van der Waals surface area (Å²) >= 11 is 0. The van der Waals surface area contributed by atoms with E-state index in [1.165, 1.54) is 7.11 Å². The molecule has 5 heteroatoms. The number of ether oxygens (including phenoxy) is 1. The van der Waals surface area contributed by atoms with Gasteiger partial charge < -0.3 is 10.5 Å².